The van der Waals surface area contributed by atoms with E-state index in [0.29, 0.717) is 50.3 Å². The summed E-state index contributed by atoms with van der Waals surface area (Å²) in [7, 11) is 1.66. The molecule has 10 heteroatoms. The Hall–Kier alpha value is -4.28. The normalized spacial score (nSPS) is 15.7. The van der Waals surface area contributed by atoms with Crippen molar-refractivity contribution in [3.63, 3.8) is 0 Å². The summed E-state index contributed by atoms with van der Waals surface area (Å²) in [6.45, 7) is 4.29. The molecular formula is C31H32N4O6. The monoisotopic (exact) mass is 556 g/mol. The summed E-state index contributed by atoms with van der Waals surface area (Å²) < 4.78 is 18.5. The van der Waals surface area contributed by atoms with Crippen LogP contribution in [0.3, 0.4) is 0 Å². The van der Waals surface area contributed by atoms with E-state index in [1.54, 1.807) is 31.4 Å². The van der Waals surface area contributed by atoms with E-state index in [4.69, 9.17) is 24.2 Å². The highest BCUT2D eigenvalue weighted by Gasteiger charge is 2.24. The minimum atomic E-state index is -0.950. The maximum absolute atomic E-state index is 11.7. The van der Waals surface area contributed by atoms with Gasteiger partial charge in [-0.15, -0.1) is 0 Å². The van der Waals surface area contributed by atoms with Gasteiger partial charge in [0.15, 0.2) is 0 Å². The number of aromatic nitrogens is 3. The van der Waals surface area contributed by atoms with Crippen molar-refractivity contribution in [3.8, 4) is 5.88 Å². The second-order valence-corrected chi connectivity index (χ2v) is 10.5. The molecular weight excluding hydrogens is 524 g/mol. The number of nitrogens with zero attached hydrogens (tertiary/aromatic N) is 4. The van der Waals surface area contributed by atoms with Crippen LogP contribution in [0.5, 0.6) is 5.88 Å². The first-order valence-corrected chi connectivity index (χ1v) is 13.8. The molecule has 0 unspecified atom stereocenters. The molecule has 212 valence electrons. The van der Waals surface area contributed by atoms with Crippen LogP contribution in [0.2, 0.25) is 0 Å². The number of ether oxygens (including phenoxy) is 3. The lowest BCUT2D eigenvalue weighted by atomic mass is 9.93. The summed E-state index contributed by atoms with van der Waals surface area (Å²) in [6, 6.07) is 16.6. The lowest BCUT2D eigenvalue weighted by Crippen LogP contribution is -2.33. The second kappa shape index (κ2) is 11.7. The Bertz CT molecular complexity index is 1590. The first-order valence-electron chi connectivity index (χ1n) is 13.8. The number of pyridine rings is 1. The van der Waals surface area contributed by atoms with Crippen molar-refractivity contribution in [3.05, 3.63) is 88.4 Å². The van der Waals surface area contributed by atoms with E-state index in [2.05, 4.69) is 15.5 Å². The van der Waals surface area contributed by atoms with Crippen LogP contribution in [0.4, 0.5) is 0 Å². The molecule has 0 radical (unpaired) electrons. The molecule has 0 aliphatic carbocycles. The number of methoxy groups -OCH3 is 1. The van der Waals surface area contributed by atoms with E-state index >= 15 is 0 Å². The van der Waals surface area contributed by atoms with Crippen LogP contribution in [0, 0.1) is 0 Å². The van der Waals surface area contributed by atoms with Crippen molar-refractivity contribution < 1.29 is 28.9 Å². The molecule has 4 aromatic rings. The molecule has 0 atom stereocenters. The summed E-state index contributed by atoms with van der Waals surface area (Å²) in [5, 5.41) is 9.45. The van der Waals surface area contributed by atoms with Gasteiger partial charge in [-0.05, 0) is 67.9 Å². The van der Waals surface area contributed by atoms with E-state index < -0.39 is 5.97 Å². The number of carboxylic acids is 1. The Morgan fingerprint density at radius 2 is 1.95 bits per heavy atom. The summed E-state index contributed by atoms with van der Waals surface area (Å²) in [6.07, 6.45) is 1.94. The molecule has 1 N–H and O–H groups in total. The SMILES string of the molecule is COCCn1c(CN2CCC(c3cccc(OCc4ccc5c(c4)COC5=O)n3)CC2)nc2ccc(C(=O)O)cc21. The average Bonchev–Trinajstić information content (AvgIpc) is 3.53. The van der Waals surface area contributed by atoms with Gasteiger partial charge >= 0.3 is 11.9 Å². The van der Waals surface area contributed by atoms with Gasteiger partial charge in [0.05, 0.1) is 35.3 Å². The van der Waals surface area contributed by atoms with Crippen LogP contribution < -0.4 is 4.74 Å². The first kappa shape index (κ1) is 26.9. The van der Waals surface area contributed by atoms with Crippen LogP contribution in [0.25, 0.3) is 11.0 Å². The smallest absolute Gasteiger partial charge is 0.338 e. The quantitative estimate of drug-likeness (QED) is 0.284. The van der Waals surface area contributed by atoms with Crippen LogP contribution in [-0.4, -0.2) is 63.3 Å². The number of fused-ring (bicyclic) bond motifs is 2. The average molecular weight is 557 g/mol. The van der Waals surface area contributed by atoms with Crippen LogP contribution >= 0.6 is 0 Å². The molecule has 0 saturated carbocycles. The predicted molar refractivity (Wildman–Crippen MR) is 150 cm³/mol. The van der Waals surface area contributed by atoms with E-state index in [1.807, 2.05) is 24.3 Å². The highest BCUT2D eigenvalue weighted by atomic mass is 16.5. The van der Waals surface area contributed by atoms with E-state index in [9.17, 15) is 14.7 Å². The Balaban J connectivity index is 1.08. The minimum Gasteiger partial charge on any atom is -0.478 e. The van der Waals surface area contributed by atoms with Gasteiger partial charge in [-0.1, -0.05) is 12.1 Å². The van der Waals surface area contributed by atoms with E-state index in [0.717, 1.165) is 59.6 Å². The lowest BCUT2D eigenvalue weighted by molar-refractivity contribution is 0.0534. The number of benzene rings is 2. The molecule has 41 heavy (non-hydrogen) atoms. The van der Waals surface area contributed by atoms with Gasteiger partial charge in [0.25, 0.3) is 0 Å². The molecule has 1 saturated heterocycles. The van der Waals surface area contributed by atoms with Crippen molar-refractivity contribution in [2.75, 3.05) is 26.8 Å². The third-order valence-electron chi connectivity index (χ3n) is 7.84. The topological polar surface area (TPSA) is 116 Å². The summed E-state index contributed by atoms with van der Waals surface area (Å²) >= 11 is 0. The van der Waals surface area contributed by atoms with Gasteiger partial charge in [0.2, 0.25) is 5.88 Å². The number of hydrogen-bond acceptors (Lipinski definition) is 8. The number of hydrogen-bond donors (Lipinski definition) is 1. The summed E-state index contributed by atoms with van der Waals surface area (Å²) in [5.74, 6) is 0.615. The van der Waals surface area contributed by atoms with E-state index in [-0.39, 0.29) is 11.5 Å². The Kier molecular flexibility index (Phi) is 7.67. The molecule has 2 aliphatic rings. The van der Waals surface area contributed by atoms with Crippen LogP contribution in [0.1, 0.15) is 62.1 Å². The van der Waals surface area contributed by atoms with Gasteiger partial charge in [0.1, 0.15) is 19.0 Å². The van der Waals surface area contributed by atoms with Crippen LogP contribution in [-0.2, 0) is 35.8 Å². The van der Waals surface area contributed by atoms with Gasteiger partial charge in [-0.2, -0.15) is 0 Å². The third kappa shape index (κ3) is 5.79. The number of carbonyl (C=O) groups excluding carboxylic acids is 1. The first-order chi connectivity index (χ1) is 20.0. The fraction of sp³-hybridized carbons (Fsp3) is 0.355. The molecule has 0 amide bonds. The standard InChI is InChI=1S/C31H32N4O6/c1-39-14-13-35-27-16-22(30(36)37)6-8-26(27)32-28(35)17-34-11-9-21(10-12-34)25-3-2-4-29(33-25)40-18-20-5-7-24-23(15-20)19-41-31(24)38/h2-8,15-16,21H,9-14,17-19H2,1H3,(H,36,37). The fourth-order valence-electron chi connectivity index (χ4n) is 5.62. The molecule has 4 heterocycles. The molecule has 1 fully saturated rings. The third-order valence-corrected chi connectivity index (χ3v) is 7.84. The lowest BCUT2D eigenvalue weighted by Gasteiger charge is -2.31. The second-order valence-electron chi connectivity index (χ2n) is 10.5. The molecule has 2 aromatic heterocycles. The van der Waals surface area contributed by atoms with Crippen molar-refractivity contribution in [2.24, 2.45) is 0 Å². The molecule has 2 aliphatic heterocycles. The van der Waals surface area contributed by atoms with Crippen molar-refractivity contribution in [2.45, 2.75) is 45.1 Å². The zero-order chi connectivity index (χ0) is 28.3. The number of esters is 1. The molecule has 0 bridgehead atoms. The van der Waals surface area contributed by atoms with E-state index in [1.165, 1.54) is 0 Å². The highest BCUT2D eigenvalue weighted by Crippen LogP contribution is 2.29. The number of likely N-dealkylation sites (tertiary alicyclic amines) is 1. The summed E-state index contributed by atoms with van der Waals surface area (Å²) in [5.41, 5.74) is 5.37. The van der Waals surface area contributed by atoms with Gasteiger partial charge in [0, 0.05) is 36.9 Å². The predicted octanol–water partition coefficient (Wildman–Crippen LogP) is 4.40. The highest BCUT2D eigenvalue weighted by molar-refractivity contribution is 5.93. The minimum absolute atomic E-state index is 0.250. The number of aromatic carboxylic acids is 1. The van der Waals surface area contributed by atoms with Crippen molar-refractivity contribution in [1.29, 1.82) is 0 Å². The Morgan fingerprint density at radius 1 is 1.10 bits per heavy atom. The maximum Gasteiger partial charge on any atom is 0.338 e. The Morgan fingerprint density at radius 3 is 2.76 bits per heavy atom. The summed E-state index contributed by atoms with van der Waals surface area (Å²) in [4.78, 5) is 35.2. The zero-order valence-electron chi connectivity index (χ0n) is 22.9. The largest absolute Gasteiger partial charge is 0.478 e. The number of imidazole rings is 1. The van der Waals surface area contributed by atoms with Gasteiger partial charge in [-0.25, -0.2) is 19.6 Å². The Labute approximate surface area is 237 Å². The number of rotatable bonds is 10. The fourth-order valence-corrected chi connectivity index (χ4v) is 5.62. The number of cyclic esters (lactones) is 1. The molecule has 10 nitrogen and oxygen atoms in total. The van der Waals surface area contributed by atoms with Crippen LogP contribution in [0.15, 0.2) is 54.6 Å². The maximum atomic E-state index is 11.7. The molecule has 2 aromatic carbocycles. The van der Waals surface area contributed by atoms with Crippen molar-refractivity contribution >= 4 is 23.0 Å². The number of carboxylic acid groups (broad SMARTS) is 1. The number of carbonyl (C=O) groups is 2. The zero-order valence-corrected chi connectivity index (χ0v) is 22.9. The van der Waals surface area contributed by atoms with Gasteiger partial charge < -0.3 is 23.9 Å². The van der Waals surface area contributed by atoms with Gasteiger partial charge in [-0.3, -0.25) is 4.90 Å². The molecule has 6 rings (SSSR count). The van der Waals surface area contributed by atoms with Crippen molar-refractivity contribution in [1.82, 2.24) is 19.4 Å². The molecule has 0 spiro atoms. The number of piperidine rings is 1.